The van der Waals surface area contributed by atoms with E-state index in [1.807, 2.05) is 0 Å². The van der Waals surface area contributed by atoms with Crippen LogP contribution in [0.15, 0.2) is 0 Å². The van der Waals surface area contributed by atoms with Crippen LogP contribution in [-0.2, 0) is 14.3 Å². The van der Waals surface area contributed by atoms with Crippen LogP contribution in [-0.4, -0.2) is 38.0 Å². The largest absolute Gasteiger partial charge is 0.481 e. The highest BCUT2D eigenvalue weighted by Crippen LogP contribution is 2.37. The summed E-state index contributed by atoms with van der Waals surface area (Å²) in [7, 11) is 1.65. The maximum atomic E-state index is 10.7. The molecule has 0 aromatic heterocycles. The summed E-state index contributed by atoms with van der Waals surface area (Å²) in [5.74, 6) is -0.343. The molecule has 4 heteroatoms. The average Bonchev–Trinajstić information content (AvgIpc) is 2.13. The summed E-state index contributed by atoms with van der Waals surface area (Å²) in [6.45, 7) is 1.97. The van der Waals surface area contributed by atoms with E-state index in [1.165, 1.54) is 0 Å². The molecule has 1 N–H and O–H groups in total. The average molecular weight is 216 g/mol. The monoisotopic (exact) mass is 216 g/mol. The minimum absolute atomic E-state index is 0.0935. The lowest BCUT2D eigenvalue weighted by atomic mass is 9.71. The number of hydrogen-bond donors (Lipinski definition) is 1. The van der Waals surface area contributed by atoms with Crippen molar-refractivity contribution >= 4 is 5.97 Å². The van der Waals surface area contributed by atoms with Gasteiger partial charge in [0.1, 0.15) is 0 Å². The second-order valence-electron chi connectivity index (χ2n) is 4.03. The van der Waals surface area contributed by atoms with Gasteiger partial charge in [0, 0.05) is 13.7 Å². The predicted molar refractivity (Wildman–Crippen MR) is 55.8 cm³/mol. The Bertz CT molecular complexity index is 193. The lowest BCUT2D eigenvalue weighted by Gasteiger charge is -2.33. The highest BCUT2D eigenvalue weighted by atomic mass is 16.5. The van der Waals surface area contributed by atoms with Gasteiger partial charge < -0.3 is 14.6 Å². The topological polar surface area (TPSA) is 55.8 Å². The Morgan fingerprint density at radius 2 is 2.13 bits per heavy atom. The normalized spacial score (nSPS) is 24.9. The molecule has 88 valence electrons. The van der Waals surface area contributed by atoms with Gasteiger partial charge in [-0.2, -0.15) is 0 Å². The fourth-order valence-electron chi connectivity index (χ4n) is 1.93. The molecule has 1 aliphatic rings. The fraction of sp³-hybridized carbons (Fsp3) is 0.909. The molecule has 1 aliphatic carbocycles. The van der Waals surface area contributed by atoms with Crippen LogP contribution in [0, 0.1) is 11.8 Å². The van der Waals surface area contributed by atoms with Gasteiger partial charge in [0.2, 0.25) is 0 Å². The number of ether oxygens (including phenoxy) is 2. The second-order valence-corrected chi connectivity index (χ2v) is 4.03. The lowest BCUT2D eigenvalue weighted by Crippen LogP contribution is -2.32. The second kappa shape index (κ2) is 6.80. The smallest absolute Gasteiger partial charge is 0.306 e. The Hall–Kier alpha value is -0.610. The van der Waals surface area contributed by atoms with E-state index in [2.05, 4.69) is 0 Å². The number of carboxylic acid groups (broad SMARTS) is 1. The minimum Gasteiger partial charge on any atom is -0.481 e. The quantitative estimate of drug-likeness (QED) is 0.625. The van der Waals surface area contributed by atoms with Crippen LogP contribution in [0.25, 0.3) is 0 Å². The Balaban J connectivity index is 1.94. The molecule has 1 saturated carbocycles. The maximum Gasteiger partial charge on any atom is 0.306 e. The van der Waals surface area contributed by atoms with Gasteiger partial charge in [0.25, 0.3) is 0 Å². The van der Waals surface area contributed by atoms with Crippen molar-refractivity contribution in [3.8, 4) is 0 Å². The van der Waals surface area contributed by atoms with Crippen molar-refractivity contribution in [2.45, 2.75) is 25.7 Å². The number of hydrogen-bond acceptors (Lipinski definition) is 3. The van der Waals surface area contributed by atoms with E-state index in [0.29, 0.717) is 25.7 Å². The first-order chi connectivity index (χ1) is 7.25. The van der Waals surface area contributed by atoms with Crippen LogP contribution >= 0.6 is 0 Å². The molecular formula is C11H20O4. The van der Waals surface area contributed by atoms with Crippen molar-refractivity contribution in [1.29, 1.82) is 0 Å². The van der Waals surface area contributed by atoms with Gasteiger partial charge >= 0.3 is 5.97 Å². The third-order valence-electron chi connectivity index (χ3n) is 3.03. The van der Waals surface area contributed by atoms with E-state index >= 15 is 0 Å². The van der Waals surface area contributed by atoms with Crippen molar-refractivity contribution < 1.29 is 19.4 Å². The maximum absolute atomic E-state index is 10.7. The van der Waals surface area contributed by atoms with Gasteiger partial charge in [-0.25, -0.2) is 0 Å². The molecule has 0 saturated heterocycles. The van der Waals surface area contributed by atoms with Crippen molar-refractivity contribution in [2.24, 2.45) is 11.8 Å². The van der Waals surface area contributed by atoms with Crippen molar-refractivity contribution in [3.63, 3.8) is 0 Å². The van der Waals surface area contributed by atoms with Gasteiger partial charge in [0.05, 0.1) is 19.1 Å². The molecule has 1 rings (SSSR count). The molecular weight excluding hydrogens is 196 g/mol. The summed E-state index contributed by atoms with van der Waals surface area (Å²) < 4.78 is 10.2. The minimum atomic E-state index is -0.633. The van der Waals surface area contributed by atoms with Crippen LogP contribution in [0.1, 0.15) is 25.7 Å². The molecule has 0 aromatic carbocycles. The Morgan fingerprint density at radius 1 is 1.33 bits per heavy atom. The SMILES string of the molecule is COCCOCCCC1CCC1C(=O)O. The highest BCUT2D eigenvalue weighted by molar-refractivity contribution is 5.71. The molecule has 2 unspecified atom stereocenters. The van der Waals surface area contributed by atoms with Crippen LogP contribution in [0.5, 0.6) is 0 Å². The van der Waals surface area contributed by atoms with Crippen molar-refractivity contribution in [3.05, 3.63) is 0 Å². The third kappa shape index (κ3) is 4.18. The van der Waals surface area contributed by atoms with Crippen LogP contribution in [0.2, 0.25) is 0 Å². The zero-order chi connectivity index (χ0) is 11.1. The third-order valence-corrected chi connectivity index (χ3v) is 3.03. The van der Waals surface area contributed by atoms with Crippen molar-refractivity contribution in [2.75, 3.05) is 26.9 Å². The molecule has 0 heterocycles. The standard InChI is InChI=1S/C11H20O4/c1-14-7-8-15-6-2-3-9-4-5-10(9)11(12)13/h9-10H,2-8H2,1H3,(H,12,13). The van der Waals surface area contributed by atoms with E-state index in [1.54, 1.807) is 7.11 Å². The molecule has 0 radical (unpaired) electrons. The molecule has 0 aromatic rings. The number of aliphatic carboxylic acids is 1. The molecule has 2 atom stereocenters. The number of rotatable bonds is 8. The van der Waals surface area contributed by atoms with Crippen LogP contribution in [0.4, 0.5) is 0 Å². The first kappa shape index (κ1) is 12.5. The van der Waals surface area contributed by atoms with Gasteiger partial charge in [-0.3, -0.25) is 4.79 Å². The molecule has 0 spiro atoms. The highest BCUT2D eigenvalue weighted by Gasteiger charge is 2.35. The molecule has 0 aliphatic heterocycles. The molecule has 4 nitrogen and oxygen atoms in total. The summed E-state index contributed by atoms with van der Waals surface area (Å²) in [5, 5.41) is 8.83. The van der Waals surface area contributed by atoms with Gasteiger partial charge in [-0.05, 0) is 31.6 Å². The van der Waals surface area contributed by atoms with E-state index in [0.717, 1.165) is 25.7 Å². The first-order valence-electron chi connectivity index (χ1n) is 5.55. The molecule has 0 bridgehead atoms. The summed E-state index contributed by atoms with van der Waals surface area (Å²) in [5.41, 5.74) is 0. The molecule has 15 heavy (non-hydrogen) atoms. The van der Waals surface area contributed by atoms with E-state index < -0.39 is 5.97 Å². The Labute approximate surface area is 90.6 Å². The fourth-order valence-corrected chi connectivity index (χ4v) is 1.93. The van der Waals surface area contributed by atoms with Crippen LogP contribution < -0.4 is 0 Å². The first-order valence-corrected chi connectivity index (χ1v) is 5.55. The van der Waals surface area contributed by atoms with Gasteiger partial charge in [0.15, 0.2) is 0 Å². The molecule has 1 fully saturated rings. The summed E-state index contributed by atoms with van der Waals surface area (Å²) in [6.07, 6.45) is 3.85. The lowest BCUT2D eigenvalue weighted by molar-refractivity contribution is -0.148. The van der Waals surface area contributed by atoms with Gasteiger partial charge in [-0.1, -0.05) is 0 Å². The molecule has 0 amide bonds. The number of methoxy groups -OCH3 is 1. The summed E-state index contributed by atoms with van der Waals surface area (Å²) in [6, 6.07) is 0. The number of carboxylic acids is 1. The summed E-state index contributed by atoms with van der Waals surface area (Å²) in [4.78, 5) is 10.7. The zero-order valence-corrected chi connectivity index (χ0v) is 9.28. The predicted octanol–water partition coefficient (Wildman–Crippen LogP) is 1.54. The zero-order valence-electron chi connectivity index (χ0n) is 9.28. The van der Waals surface area contributed by atoms with E-state index in [9.17, 15) is 4.79 Å². The van der Waals surface area contributed by atoms with Gasteiger partial charge in [-0.15, -0.1) is 0 Å². The van der Waals surface area contributed by atoms with E-state index in [4.69, 9.17) is 14.6 Å². The number of carbonyl (C=O) groups is 1. The van der Waals surface area contributed by atoms with Crippen molar-refractivity contribution in [1.82, 2.24) is 0 Å². The van der Waals surface area contributed by atoms with E-state index in [-0.39, 0.29) is 5.92 Å². The summed E-state index contributed by atoms with van der Waals surface area (Å²) >= 11 is 0. The Kier molecular flexibility index (Phi) is 5.65. The van der Waals surface area contributed by atoms with Crippen LogP contribution in [0.3, 0.4) is 0 Å². The Morgan fingerprint density at radius 3 is 2.67 bits per heavy atom.